The number of ether oxygens (including phenoxy) is 1. The van der Waals surface area contributed by atoms with Crippen molar-refractivity contribution in [2.24, 2.45) is 0 Å². The Balaban J connectivity index is 2.14. The van der Waals surface area contributed by atoms with Gasteiger partial charge in [0.2, 0.25) is 0 Å². The first-order valence-electron chi connectivity index (χ1n) is 5.72. The molecule has 1 aromatic rings. The predicted molar refractivity (Wildman–Crippen MR) is 63.8 cm³/mol. The Hall–Kier alpha value is -1.89. The topological polar surface area (TPSA) is 107 Å². The lowest BCUT2D eigenvalue weighted by atomic mass is 9.99. The molecular formula is C13H14O6. The van der Waals surface area contributed by atoms with Gasteiger partial charge in [-0.25, -0.2) is 0 Å². The van der Waals surface area contributed by atoms with Crippen LogP contribution in [0.15, 0.2) is 41.9 Å². The highest BCUT2D eigenvalue weighted by Crippen LogP contribution is 2.27. The first kappa shape index (κ1) is 13.5. The zero-order valence-electron chi connectivity index (χ0n) is 9.93. The average Bonchev–Trinajstić information content (AvgIpc) is 2.76. The summed E-state index contributed by atoms with van der Waals surface area (Å²) in [4.78, 5) is 11.0. The molecule has 2 rings (SSSR count). The molecule has 4 N–H and O–H groups in total. The molecule has 0 saturated carbocycles. The predicted octanol–water partition coefficient (Wildman–Crippen LogP) is 0.158. The van der Waals surface area contributed by atoms with Crippen LogP contribution in [0.1, 0.15) is 18.1 Å². The van der Waals surface area contributed by atoms with E-state index in [0.717, 1.165) is 0 Å². The summed E-state index contributed by atoms with van der Waals surface area (Å²) < 4.78 is 4.61. The molecule has 0 amide bonds. The summed E-state index contributed by atoms with van der Waals surface area (Å²) in [6.45, 7) is 0. The third-order valence-electron chi connectivity index (χ3n) is 2.88. The van der Waals surface area contributed by atoms with Gasteiger partial charge >= 0.3 is 5.97 Å². The van der Waals surface area contributed by atoms with Crippen LogP contribution in [0.5, 0.6) is 0 Å². The molecule has 0 aliphatic carbocycles. The van der Waals surface area contributed by atoms with Crippen LogP contribution in [0.25, 0.3) is 0 Å². The minimum Gasteiger partial charge on any atom is -0.508 e. The Labute approximate surface area is 109 Å². The van der Waals surface area contributed by atoms with E-state index < -0.39 is 35.8 Å². The molecule has 0 radical (unpaired) electrons. The van der Waals surface area contributed by atoms with Gasteiger partial charge in [0.25, 0.3) is 0 Å². The van der Waals surface area contributed by atoms with Crippen molar-refractivity contribution >= 4 is 5.97 Å². The van der Waals surface area contributed by atoms with Crippen LogP contribution < -0.4 is 0 Å². The number of aliphatic hydroxyl groups excluding tert-OH is 4. The quantitative estimate of drug-likeness (QED) is 0.578. The second-order valence-electron chi connectivity index (χ2n) is 4.25. The maximum Gasteiger partial charge on any atom is 0.318 e. The van der Waals surface area contributed by atoms with Crippen molar-refractivity contribution in [1.29, 1.82) is 0 Å². The average molecular weight is 266 g/mol. The zero-order chi connectivity index (χ0) is 14.0. The van der Waals surface area contributed by atoms with Gasteiger partial charge in [-0.1, -0.05) is 30.3 Å². The number of hydrogen-bond donors (Lipinski definition) is 4. The zero-order valence-corrected chi connectivity index (χ0v) is 9.93. The Morgan fingerprint density at radius 3 is 2.21 bits per heavy atom. The van der Waals surface area contributed by atoms with E-state index >= 15 is 0 Å². The number of benzene rings is 1. The molecule has 102 valence electrons. The van der Waals surface area contributed by atoms with Gasteiger partial charge in [-0.05, 0) is 5.56 Å². The largest absolute Gasteiger partial charge is 0.508 e. The first-order valence-corrected chi connectivity index (χ1v) is 5.72. The fourth-order valence-electron chi connectivity index (χ4n) is 1.85. The summed E-state index contributed by atoms with van der Waals surface area (Å²) in [5, 5.41) is 39.0. The first-order chi connectivity index (χ1) is 9.00. The number of rotatable bonds is 4. The van der Waals surface area contributed by atoms with Crippen molar-refractivity contribution in [3.05, 3.63) is 47.4 Å². The van der Waals surface area contributed by atoms with Crippen molar-refractivity contribution in [2.75, 3.05) is 0 Å². The molecule has 0 spiro atoms. The van der Waals surface area contributed by atoms with Gasteiger partial charge < -0.3 is 25.2 Å². The van der Waals surface area contributed by atoms with Crippen molar-refractivity contribution in [3.63, 3.8) is 0 Å². The molecule has 0 saturated heterocycles. The van der Waals surface area contributed by atoms with Crippen LogP contribution in [0.4, 0.5) is 0 Å². The van der Waals surface area contributed by atoms with Gasteiger partial charge in [0.1, 0.15) is 30.5 Å². The SMILES string of the molecule is O=C1CC(O)=C(C(O)C(O)C(O)c2ccccc2)O1. The summed E-state index contributed by atoms with van der Waals surface area (Å²) in [6.07, 6.45) is -5.01. The van der Waals surface area contributed by atoms with Crippen molar-refractivity contribution in [1.82, 2.24) is 0 Å². The molecule has 0 bridgehead atoms. The van der Waals surface area contributed by atoms with E-state index in [1.165, 1.54) is 0 Å². The number of esters is 1. The van der Waals surface area contributed by atoms with E-state index in [-0.39, 0.29) is 6.42 Å². The Morgan fingerprint density at radius 1 is 1.05 bits per heavy atom. The van der Waals surface area contributed by atoms with Crippen LogP contribution in [0.3, 0.4) is 0 Å². The molecule has 0 aromatic heterocycles. The van der Waals surface area contributed by atoms with E-state index in [1.54, 1.807) is 30.3 Å². The number of carbonyl (C=O) groups is 1. The van der Waals surface area contributed by atoms with Crippen LogP contribution >= 0.6 is 0 Å². The molecule has 0 fully saturated rings. The fourth-order valence-corrected chi connectivity index (χ4v) is 1.85. The van der Waals surface area contributed by atoms with Crippen molar-refractivity contribution < 1.29 is 30.0 Å². The van der Waals surface area contributed by atoms with E-state index in [2.05, 4.69) is 4.74 Å². The second-order valence-corrected chi connectivity index (χ2v) is 4.25. The monoisotopic (exact) mass is 266 g/mol. The molecule has 6 heteroatoms. The van der Waals surface area contributed by atoms with Crippen molar-refractivity contribution in [2.45, 2.75) is 24.7 Å². The molecule has 1 heterocycles. The molecule has 19 heavy (non-hydrogen) atoms. The van der Waals surface area contributed by atoms with Gasteiger partial charge in [-0.2, -0.15) is 0 Å². The lowest BCUT2D eigenvalue weighted by Gasteiger charge is -2.23. The molecule has 3 atom stereocenters. The van der Waals surface area contributed by atoms with Gasteiger partial charge in [0.05, 0.1) is 0 Å². The molecule has 1 aromatic carbocycles. The molecule has 3 unspecified atom stereocenters. The maximum atomic E-state index is 11.0. The maximum absolute atomic E-state index is 11.0. The smallest absolute Gasteiger partial charge is 0.318 e. The van der Waals surface area contributed by atoms with E-state index in [9.17, 15) is 25.2 Å². The lowest BCUT2D eigenvalue weighted by Crippen LogP contribution is -2.34. The third-order valence-corrected chi connectivity index (χ3v) is 2.88. The summed E-state index contributed by atoms with van der Waals surface area (Å²) in [6, 6.07) is 8.24. The Morgan fingerprint density at radius 2 is 1.68 bits per heavy atom. The molecule has 6 nitrogen and oxygen atoms in total. The molecular weight excluding hydrogens is 252 g/mol. The number of carbonyl (C=O) groups excluding carboxylic acids is 1. The minimum absolute atomic E-state index is 0.347. The summed E-state index contributed by atoms with van der Waals surface area (Å²) in [5.41, 5.74) is 0.401. The van der Waals surface area contributed by atoms with Crippen LogP contribution in [0, 0.1) is 0 Å². The molecule has 1 aliphatic rings. The highest BCUT2D eigenvalue weighted by molar-refractivity contribution is 5.76. The summed E-state index contributed by atoms with van der Waals surface area (Å²) >= 11 is 0. The lowest BCUT2D eigenvalue weighted by molar-refractivity contribution is -0.140. The highest BCUT2D eigenvalue weighted by Gasteiger charge is 2.36. The Kier molecular flexibility index (Phi) is 3.84. The standard InChI is InChI=1S/C13H14O6/c14-8-6-9(15)19-13(8)12(18)11(17)10(16)7-4-2-1-3-5-7/h1-5,10-12,14,16-18H,6H2. The number of hydrogen-bond acceptors (Lipinski definition) is 6. The third kappa shape index (κ3) is 2.76. The summed E-state index contributed by atoms with van der Waals surface area (Å²) in [7, 11) is 0. The fraction of sp³-hybridized carbons (Fsp3) is 0.308. The normalized spacial score (nSPS) is 20.1. The van der Waals surface area contributed by atoms with Crippen LogP contribution in [-0.2, 0) is 9.53 Å². The van der Waals surface area contributed by atoms with Gasteiger partial charge in [-0.15, -0.1) is 0 Å². The minimum atomic E-state index is -1.68. The van der Waals surface area contributed by atoms with Gasteiger partial charge in [0, 0.05) is 0 Å². The number of aliphatic hydroxyl groups is 4. The second kappa shape index (κ2) is 5.40. The van der Waals surface area contributed by atoms with E-state index in [4.69, 9.17) is 0 Å². The van der Waals surface area contributed by atoms with Gasteiger partial charge in [0.15, 0.2) is 5.76 Å². The Bertz CT molecular complexity index is 495. The van der Waals surface area contributed by atoms with Gasteiger partial charge in [-0.3, -0.25) is 4.79 Å². The number of cyclic esters (lactones) is 1. The molecule has 1 aliphatic heterocycles. The van der Waals surface area contributed by atoms with E-state index in [0.29, 0.717) is 5.56 Å². The summed E-state index contributed by atoms with van der Waals surface area (Å²) in [5.74, 6) is -1.56. The van der Waals surface area contributed by atoms with Crippen molar-refractivity contribution in [3.8, 4) is 0 Å². The van der Waals surface area contributed by atoms with E-state index in [1.807, 2.05) is 0 Å². The van der Waals surface area contributed by atoms with Crippen LogP contribution in [0.2, 0.25) is 0 Å². The highest BCUT2D eigenvalue weighted by atomic mass is 16.6. The van der Waals surface area contributed by atoms with Crippen LogP contribution in [-0.4, -0.2) is 38.6 Å².